The number of anilines is 1. The molecule has 2 aromatic carbocycles. The third-order valence-electron chi connectivity index (χ3n) is 5.76. The van der Waals surface area contributed by atoms with Gasteiger partial charge in [-0.25, -0.2) is 9.97 Å². The van der Waals surface area contributed by atoms with Crippen LogP contribution in [0.3, 0.4) is 0 Å². The topological polar surface area (TPSA) is 72.0 Å². The van der Waals surface area contributed by atoms with E-state index in [0.29, 0.717) is 5.71 Å². The van der Waals surface area contributed by atoms with E-state index < -0.39 is 0 Å². The first-order valence-electron chi connectivity index (χ1n) is 10.7. The molecule has 0 unspecified atom stereocenters. The first kappa shape index (κ1) is 18.8. The lowest BCUT2D eigenvalue weighted by atomic mass is 9.99. The lowest BCUT2D eigenvalue weighted by Gasteiger charge is -2.22. The average molecular weight is 402 g/mol. The molecule has 1 aliphatic rings. The number of hydrogen-bond acceptors (Lipinski definition) is 4. The van der Waals surface area contributed by atoms with Crippen molar-refractivity contribution in [3.8, 4) is 22.5 Å². The van der Waals surface area contributed by atoms with E-state index in [1.807, 2.05) is 24.3 Å². The largest absolute Gasteiger partial charge is 0.437 e. The monoisotopic (exact) mass is 401 g/mol. The molecule has 0 saturated carbocycles. The maximum atomic E-state index is 6.28. The van der Waals surface area contributed by atoms with Gasteiger partial charge in [0, 0.05) is 11.1 Å². The Morgan fingerprint density at radius 2 is 1.60 bits per heavy atom. The molecule has 6 heteroatoms. The number of quaternary nitrogens is 2. The molecule has 1 saturated heterocycles. The predicted molar refractivity (Wildman–Crippen MR) is 118 cm³/mol. The molecule has 0 radical (unpaired) electrons. The molecule has 2 aromatic heterocycles. The van der Waals surface area contributed by atoms with Crippen molar-refractivity contribution in [3.63, 3.8) is 0 Å². The Morgan fingerprint density at radius 1 is 0.900 bits per heavy atom. The van der Waals surface area contributed by atoms with E-state index >= 15 is 0 Å². The highest BCUT2D eigenvalue weighted by atomic mass is 16.3. The van der Waals surface area contributed by atoms with Gasteiger partial charge in [0.1, 0.15) is 44.1 Å². The summed E-state index contributed by atoms with van der Waals surface area (Å²) in [5.74, 6) is 1.67. The van der Waals surface area contributed by atoms with Crippen LogP contribution in [0.25, 0.3) is 33.6 Å². The van der Waals surface area contributed by atoms with Gasteiger partial charge in [-0.2, -0.15) is 0 Å². The van der Waals surface area contributed by atoms with Crippen LogP contribution in [0, 0.1) is 0 Å². The van der Waals surface area contributed by atoms with Gasteiger partial charge in [0.2, 0.25) is 5.71 Å². The normalized spacial score (nSPS) is 14.8. The summed E-state index contributed by atoms with van der Waals surface area (Å²) in [4.78, 5) is 10.7. The summed E-state index contributed by atoms with van der Waals surface area (Å²) in [7, 11) is 0. The van der Waals surface area contributed by atoms with Crippen molar-refractivity contribution in [1.82, 2.24) is 9.97 Å². The number of hydrogen-bond donors (Lipinski definition) is 3. The number of nitrogens with one attached hydrogen (secondary N) is 2. The zero-order valence-electron chi connectivity index (χ0n) is 17.0. The van der Waals surface area contributed by atoms with Gasteiger partial charge in [0.05, 0.1) is 18.5 Å². The van der Waals surface area contributed by atoms with Crippen molar-refractivity contribution in [1.29, 1.82) is 0 Å². The molecule has 152 valence electrons. The molecular weight excluding hydrogens is 374 g/mol. The summed E-state index contributed by atoms with van der Waals surface area (Å²) in [5, 5.41) is 6.91. The van der Waals surface area contributed by atoms with E-state index in [4.69, 9.17) is 4.42 Å². The Balaban J connectivity index is 1.54. The van der Waals surface area contributed by atoms with Crippen LogP contribution in [-0.4, -0.2) is 49.2 Å². The molecule has 0 aliphatic carbocycles. The van der Waals surface area contributed by atoms with Crippen molar-refractivity contribution in [2.75, 3.05) is 44.6 Å². The molecule has 6 nitrogen and oxygen atoms in total. The van der Waals surface area contributed by atoms with E-state index in [9.17, 15) is 0 Å². The Labute approximate surface area is 176 Å². The minimum Gasteiger partial charge on any atom is -0.437 e. The Morgan fingerprint density at radius 3 is 2.33 bits per heavy atom. The zero-order chi connectivity index (χ0) is 20.2. The van der Waals surface area contributed by atoms with Crippen molar-refractivity contribution >= 4 is 16.9 Å². The fourth-order valence-corrected chi connectivity index (χ4v) is 4.23. The molecule has 0 atom stereocenters. The highest BCUT2D eigenvalue weighted by molar-refractivity contribution is 6.05. The molecule has 30 heavy (non-hydrogen) atoms. The minimum absolute atomic E-state index is 0.616. The van der Waals surface area contributed by atoms with Crippen molar-refractivity contribution < 1.29 is 14.6 Å². The highest BCUT2D eigenvalue weighted by Crippen LogP contribution is 2.42. The Kier molecular flexibility index (Phi) is 5.42. The number of aromatic nitrogens is 2. The third-order valence-corrected chi connectivity index (χ3v) is 5.76. The third kappa shape index (κ3) is 3.79. The summed E-state index contributed by atoms with van der Waals surface area (Å²) < 4.78 is 6.28. The van der Waals surface area contributed by atoms with Crippen LogP contribution in [-0.2, 0) is 0 Å². The number of piperazine rings is 1. The van der Waals surface area contributed by atoms with Crippen LogP contribution >= 0.6 is 0 Å². The van der Waals surface area contributed by atoms with E-state index in [-0.39, 0.29) is 0 Å². The molecular formula is C24H27N5O+2. The van der Waals surface area contributed by atoms with Gasteiger partial charge in [0.25, 0.3) is 0 Å². The number of benzene rings is 2. The number of rotatable bonds is 6. The van der Waals surface area contributed by atoms with Crippen molar-refractivity contribution in [2.45, 2.75) is 0 Å². The van der Waals surface area contributed by atoms with E-state index in [1.165, 1.54) is 26.2 Å². The van der Waals surface area contributed by atoms with Gasteiger partial charge >= 0.3 is 0 Å². The second-order valence-electron chi connectivity index (χ2n) is 7.73. The molecule has 4 aromatic rings. The maximum absolute atomic E-state index is 6.28. The first-order chi connectivity index (χ1) is 14.9. The summed E-state index contributed by atoms with van der Waals surface area (Å²) in [6.07, 6.45) is 1.58. The van der Waals surface area contributed by atoms with Gasteiger partial charge in [0.15, 0.2) is 0 Å². The van der Waals surface area contributed by atoms with Crippen LogP contribution < -0.4 is 15.5 Å². The Bertz CT molecular complexity index is 1100. The van der Waals surface area contributed by atoms with Gasteiger partial charge in [-0.3, -0.25) is 0 Å². The van der Waals surface area contributed by atoms with Crippen LogP contribution in [0.2, 0.25) is 0 Å². The van der Waals surface area contributed by atoms with Crippen LogP contribution in [0.4, 0.5) is 5.82 Å². The van der Waals surface area contributed by atoms with Crippen molar-refractivity contribution in [2.24, 2.45) is 0 Å². The fraction of sp³-hybridized carbons (Fsp3) is 0.250. The van der Waals surface area contributed by atoms with E-state index in [2.05, 4.69) is 57.0 Å². The van der Waals surface area contributed by atoms with Gasteiger partial charge < -0.3 is 20.0 Å². The molecule has 1 aliphatic heterocycles. The maximum Gasteiger partial charge on any atom is 0.232 e. The summed E-state index contributed by atoms with van der Waals surface area (Å²) in [6.45, 7) is 6.84. The van der Waals surface area contributed by atoms with Crippen LogP contribution in [0.1, 0.15) is 0 Å². The van der Waals surface area contributed by atoms with Crippen LogP contribution in [0.5, 0.6) is 0 Å². The Hall–Kier alpha value is -3.22. The molecule has 0 bridgehead atoms. The molecule has 4 N–H and O–H groups in total. The molecule has 5 rings (SSSR count). The quantitative estimate of drug-likeness (QED) is 0.457. The van der Waals surface area contributed by atoms with E-state index in [0.717, 1.165) is 46.7 Å². The minimum atomic E-state index is 0.616. The lowest BCUT2D eigenvalue weighted by Crippen LogP contribution is -3.20. The predicted octanol–water partition coefficient (Wildman–Crippen LogP) is 1.43. The standard InChI is InChI=1S/C24H25N5O/c1-3-7-18(8-4-1)20-21-23(26-13-16-29-14-11-25-12-15-29)27-17-28-24(21)30-22(20)19-9-5-2-6-10-19/h1-10,17,25H,11-16H2,(H,26,27,28)/p+2. The summed E-state index contributed by atoms with van der Waals surface area (Å²) in [5.41, 5.74) is 3.80. The molecule has 0 spiro atoms. The summed E-state index contributed by atoms with van der Waals surface area (Å²) >= 11 is 0. The van der Waals surface area contributed by atoms with Gasteiger partial charge in [-0.15, -0.1) is 0 Å². The molecule has 3 heterocycles. The first-order valence-corrected chi connectivity index (χ1v) is 10.7. The smallest absolute Gasteiger partial charge is 0.232 e. The van der Waals surface area contributed by atoms with Gasteiger partial charge in [-0.1, -0.05) is 60.7 Å². The summed E-state index contributed by atoms with van der Waals surface area (Å²) in [6, 6.07) is 20.6. The van der Waals surface area contributed by atoms with Crippen molar-refractivity contribution in [3.05, 3.63) is 67.0 Å². The second-order valence-corrected chi connectivity index (χ2v) is 7.73. The lowest BCUT2D eigenvalue weighted by molar-refractivity contribution is -0.945. The number of nitrogens with zero attached hydrogens (tertiary/aromatic N) is 2. The number of furan rings is 1. The fourth-order valence-electron chi connectivity index (χ4n) is 4.23. The number of fused-ring (bicyclic) bond motifs is 1. The molecule has 0 amide bonds. The highest BCUT2D eigenvalue weighted by Gasteiger charge is 2.22. The average Bonchev–Trinajstić information content (AvgIpc) is 3.21. The second kappa shape index (κ2) is 8.65. The zero-order valence-corrected chi connectivity index (χ0v) is 17.0. The van der Waals surface area contributed by atoms with E-state index in [1.54, 1.807) is 11.2 Å². The number of nitrogens with two attached hydrogens (primary N) is 1. The van der Waals surface area contributed by atoms with Crippen LogP contribution in [0.15, 0.2) is 71.4 Å². The molecule has 1 fully saturated rings. The van der Waals surface area contributed by atoms with Gasteiger partial charge in [-0.05, 0) is 5.56 Å². The SMILES string of the molecule is c1ccc(-c2oc3ncnc(NCC[NH+]4CC[NH2+]CC4)c3c2-c2ccccc2)cc1.